The standard InChI is InChI=1S/C32H52ClN3O2.CH4.2H2O/c1-6-34-32-16-22-13-23(17-32)15-31(14-22,19-32)18-27(37)35-28(21(2)3)29(38)36-12-11-26(30(4,5)20-36)24-7-9-25(33)10-8-24;;;/h7,21-23,25-26,28,34H,6,8-20H2,1-5H3,(H,35,37);1H4;2*1H2/t22?,23?,25?,26?,28-,31?,32?;;;/m1.../s1. The lowest BCUT2D eigenvalue weighted by Crippen LogP contribution is -2.63. The first kappa shape index (κ1) is 36.0. The molecular formula is C33H60ClN3O4. The first-order chi connectivity index (χ1) is 17.9. The van der Waals surface area contributed by atoms with Crippen molar-refractivity contribution in [3.63, 3.8) is 0 Å². The molecule has 6 aliphatic rings. The van der Waals surface area contributed by atoms with E-state index in [9.17, 15) is 9.59 Å². The molecule has 7 nitrogen and oxygen atoms in total. The molecule has 0 radical (unpaired) electrons. The van der Waals surface area contributed by atoms with Gasteiger partial charge in [0.15, 0.2) is 0 Å². The minimum absolute atomic E-state index is 0. The molecule has 0 aromatic rings. The fraction of sp³-hybridized carbons (Fsp3) is 0.879. The second kappa shape index (κ2) is 13.7. The first-order valence-corrected chi connectivity index (χ1v) is 16.0. The Kier molecular flexibility index (Phi) is 12.0. The van der Waals surface area contributed by atoms with Crippen LogP contribution < -0.4 is 10.6 Å². The van der Waals surface area contributed by atoms with E-state index < -0.39 is 6.04 Å². The Morgan fingerprint density at radius 1 is 1.10 bits per heavy atom. The molecule has 2 amide bonds. The largest absolute Gasteiger partial charge is 0.412 e. The Hall–Kier alpha value is -1.15. The van der Waals surface area contributed by atoms with Crippen LogP contribution in [0.5, 0.6) is 0 Å². The van der Waals surface area contributed by atoms with E-state index in [4.69, 9.17) is 11.6 Å². The molecule has 0 spiro atoms. The molecule has 41 heavy (non-hydrogen) atoms. The van der Waals surface area contributed by atoms with Gasteiger partial charge in [0.1, 0.15) is 6.04 Å². The second-order valence-electron chi connectivity index (χ2n) is 15.0. The van der Waals surface area contributed by atoms with Crippen molar-refractivity contribution in [2.75, 3.05) is 19.6 Å². The lowest BCUT2D eigenvalue weighted by atomic mass is 9.46. The van der Waals surface area contributed by atoms with Gasteiger partial charge in [-0.3, -0.25) is 9.59 Å². The summed E-state index contributed by atoms with van der Waals surface area (Å²) in [5, 5.41) is 7.37. The van der Waals surface area contributed by atoms with Crippen molar-refractivity contribution < 1.29 is 20.5 Å². The Labute approximate surface area is 254 Å². The van der Waals surface area contributed by atoms with Crippen LogP contribution in [0.3, 0.4) is 0 Å². The van der Waals surface area contributed by atoms with Crippen LogP contribution in [-0.2, 0) is 9.59 Å². The Morgan fingerprint density at radius 3 is 2.29 bits per heavy atom. The first-order valence-electron chi connectivity index (χ1n) is 15.6. The number of likely N-dealkylation sites (tertiary alicyclic amines) is 1. The third kappa shape index (κ3) is 7.50. The number of carbonyl (C=O) groups excluding carboxylic acids is 2. The van der Waals surface area contributed by atoms with Gasteiger partial charge in [0.2, 0.25) is 11.8 Å². The highest BCUT2D eigenvalue weighted by Crippen LogP contribution is 2.62. The van der Waals surface area contributed by atoms with E-state index in [1.54, 1.807) is 5.57 Å². The van der Waals surface area contributed by atoms with Crippen molar-refractivity contribution in [1.29, 1.82) is 0 Å². The zero-order chi connectivity index (χ0) is 27.3. The van der Waals surface area contributed by atoms with Crippen molar-refractivity contribution in [2.45, 2.75) is 130 Å². The predicted octanol–water partition coefficient (Wildman–Crippen LogP) is 5.04. The summed E-state index contributed by atoms with van der Waals surface area (Å²) in [7, 11) is 0. The second-order valence-corrected chi connectivity index (χ2v) is 15.6. The van der Waals surface area contributed by atoms with Gasteiger partial charge < -0.3 is 26.5 Å². The van der Waals surface area contributed by atoms with Gasteiger partial charge in [-0.1, -0.05) is 53.7 Å². The highest BCUT2D eigenvalue weighted by Gasteiger charge is 2.57. The molecule has 1 saturated heterocycles. The van der Waals surface area contributed by atoms with Crippen molar-refractivity contribution in [3.05, 3.63) is 11.6 Å². The predicted molar refractivity (Wildman–Crippen MR) is 169 cm³/mol. The maximum Gasteiger partial charge on any atom is 0.245 e. The summed E-state index contributed by atoms with van der Waals surface area (Å²) < 4.78 is 0. The van der Waals surface area contributed by atoms with Crippen LogP contribution in [0.2, 0.25) is 0 Å². The molecular weight excluding hydrogens is 538 g/mol. The van der Waals surface area contributed by atoms with Gasteiger partial charge in [-0.05, 0) is 105 Å². The number of nitrogens with zero attached hydrogens (tertiary/aromatic N) is 1. The third-order valence-electron chi connectivity index (χ3n) is 10.9. The van der Waals surface area contributed by atoms with E-state index in [1.807, 2.05) is 4.90 Å². The lowest BCUT2D eigenvalue weighted by Gasteiger charge is -2.62. The van der Waals surface area contributed by atoms with Gasteiger partial charge in [-0.2, -0.15) is 0 Å². The summed E-state index contributed by atoms with van der Waals surface area (Å²) >= 11 is 6.35. The van der Waals surface area contributed by atoms with Gasteiger partial charge in [0, 0.05) is 30.4 Å². The molecule has 4 unspecified atom stereocenters. The molecule has 0 aromatic heterocycles. The lowest BCUT2D eigenvalue weighted by molar-refractivity contribution is -0.143. The van der Waals surface area contributed by atoms with Crippen molar-refractivity contribution in [2.24, 2.45) is 34.5 Å². The molecule has 8 heteroatoms. The average molecular weight is 598 g/mol. The topological polar surface area (TPSA) is 124 Å². The van der Waals surface area contributed by atoms with Crippen molar-refractivity contribution in [1.82, 2.24) is 15.5 Å². The normalized spacial score (nSPS) is 35.9. The number of hydrogen-bond donors (Lipinski definition) is 2. The molecule has 0 aromatic carbocycles. The molecule has 6 N–H and O–H groups in total. The molecule has 5 aliphatic carbocycles. The summed E-state index contributed by atoms with van der Waals surface area (Å²) in [6, 6.07) is -0.447. The van der Waals surface area contributed by atoms with Crippen LogP contribution in [0.4, 0.5) is 0 Å². The van der Waals surface area contributed by atoms with Crippen LogP contribution >= 0.6 is 11.6 Å². The number of alkyl halides is 1. The van der Waals surface area contributed by atoms with Crippen LogP contribution in [0.1, 0.15) is 113 Å². The van der Waals surface area contributed by atoms with E-state index in [0.717, 1.165) is 63.6 Å². The number of rotatable bonds is 8. The number of nitrogens with one attached hydrogen (secondary N) is 2. The molecule has 6 rings (SSSR count). The van der Waals surface area contributed by atoms with Crippen molar-refractivity contribution in [3.8, 4) is 0 Å². The van der Waals surface area contributed by atoms with E-state index >= 15 is 0 Å². The van der Waals surface area contributed by atoms with Gasteiger partial charge in [0.05, 0.1) is 0 Å². The van der Waals surface area contributed by atoms with E-state index in [2.05, 4.69) is 51.3 Å². The van der Waals surface area contributed by atoms with Crippen LogP contribution in [0.15, 0.2) is 11.6 Å². The Morgan fingerprint density at radius 2 is 1.76 bits per heavy atom. The van der Waals surface area contributed by atoms with Crippen molar-refractivity contribution >= 4 is 23.4 Å². The summed E-state index contributed by atoms with van der Waals surface area (Å²) in [5.41, 5.74) is 1.90. The van der Waals surface area contributed by atoms with E-state index in [0.29, 0.717) is 12.3 Å². The zero-order valence-corrected chi connectivity index (χ0v) is 26.3. The molecule has 4 bridgehead atoms. The van der Waals surface area contributed by atoms with Crippen LogP contribution in [0, 0.1) is 34.5 Å². The van der Waals surface area contributed by atoms with E-state index in [1.165, 1.54) is 32.1 Å². The quantitative estimate of drug-likeness (QED) is 0.300. The Bertz CT molecular complexity index is 937. The number of piperidine rings is 1. The molecule has 1 aliphatic heterocycles. The fourth-order valence-corrected chi connectivity index (χ4v) is 10.1. The highest BCUT2D eigenvalue weighted by molar-refractivity contribution is 6.20. The molecule has 238 valence electrons. The Balaban J connectivity index is 0.00000196. The maximum atomic E-state index is 13.9. The number of halogens is 1. The molecule has 4 saturated carbocycles. The van der Waals surface area contributed by atoms with Gasteiger partial charge in [-0.15, -0.1) is 11.6 Å². The highest BCUT2D eigenvalue weighted by atomic mass is 35.5. The third-order valence-corrected chi connectivity index (χ3v) is 11.3. The minimum Gasteiger partial charge on any atom is -0.412 e. The summed E-state index contributed by atoms with van der Waals surface area (Å²) in [6.45, 7) is 13.5. The minimum atomic E-state index is -0.447. The number of amides is 2. The van der Waals surface area contributed by atoms with Crippen LogP contribution in [-0.4, -0.2) is 64.3 Å². The molecule has 1 heterocycles. The fourth-order valence-electron chi connectivity index (χ4n) is 9.89. The summed E-state index contributed by atoms with van der Waals surface area (Å²) in [5.74, 6) is 2.27. The smallest absolute Gasteiger partial charge is 0.245 e. The number of hydrogen-bond acceptors (Lipinski definition) is 3. The zero-order valence-electron chi connectivity index (χ0n) is 25.6. The maximum absolute atomic E-state index is 13.9. The molecule has 5 fully saturated rings. The molecule has 5 atom stereocenters. The SMILES string of the molecule is C.CCNC12CC3CC(CC(CC(=O)N[C@@H](C(=O)N4CCC(C5=CCC(Cl)CC5)C(C)(C)C4)C(C)C)(C3)C1)C2.O.O. The average Bonchev–Trinajstić information content (AvgIpc) is 2.81. The van der Waals surface area contributed by atoms with Gasteiger partial charge in [0.25, 0.3) is 0 Å². The van der Waals surface area contributed by atoms with Gasteiger partial charge >= 0.3 is 0 Å². The monoisotopic (exact) mass is 597 g/mol. The van der Waals surface area contributed by atoms with Crippen LogP contribution in [0.25, 0.3) is 0 Å². The number of allylic oxidation sites excluding steroid dienone is 2. The summed E-state index contributed by atoms with van der Waals surface area (Å²) in [6.07, 6.45) is 14.4. The van der Waals surface area contributed by atoms with Gasteiger partial charge in [-0.25, -0.2) is 0 Å². The van der Waals surface area contributed by atoms with E-state index in [-0.39, 0.29) is 57.9 Å². The summed E-state index contributed by atoms with van der Waals surface area (Å²) in [4.78, 5) is 29.5. The number of carbonyl (C=O) groups is 2.